The number of rotatable bonds is 6. The largest absolute Gasteiger partial charge is 0.466 e. The maximum Gasteiger partial charge on any atom is 0.308 e. The third kappa shape index (κ3) is 4.58. The summed E-state index contributed by atoms with van der Waals surface area (Å²) in [4.78, 5) is 16.0. The van der Waals surface area contributed by atoms with Gasteiger partial charge in [-0.25, -0.2) is 4.98 Å². The van der Waals surface area contributed by atoms with Gasteiger partial charge in [0.05, 0.1) is 23.7 Å². The zero-order valence-corrected chi connectivity index (χ0v) is 12.2. The Labute approximate surface area is 118 Å². The molecule has 1 saturated carbocycles. The third-order valence-corrected chi connectivity index (χ3v) is 4.23. The molecule has 0 spiro atoms. The molecule has 1 aliphatic carbocycles. The molecule has 19 heavy (non-hydrogen) atoms. The first-order valence-corrected chi connectivity index (χ1v) is 8.01. The Hall–Kier alpha value is -0.940. The van der Waals surface area contributed by atoms with Crippen molar-refractivity contribution in [2.24, 2.45) is 5.92 Å². The van der Waals surface area contributed by atoms with Crippen LogP contribution < -0.4 is 5.32 Å². The van der Waals surface area contributed by atoms with Crippen LogP contribution >= 0.6 is 11.3 Å². The second-order valence-electron chi connectivity index (χ2n) is 5.00. The summed E-state index contributed by atoms with van der Waals surface area (Å²) in [6, 6.07) is 0.446. The lowest BCUT2D eigenvalue weighted by molar-refractivity contribution is -0.149. The number of aromatic nitrogens is 1. The fourth-order valence-electron chi connectivity index (χ4n) is 2.61. The number of thiazole rings is 1. The number of carbonyl (C=O) groups excluding carboxylic acids is 1. The maximum atomic E-state index is 11.7. The fourth-order valence-corrected chi connectivity index (χ4v) is 3.21. The van der Waals surface area contributed by atoms with Crippen LogP contribution in [-0.2, 0) is 16.0 Å². The molecule has 2 atom stereocenters. The molecule has 1 fully saturated rings. The molecule has 4 nitrogen and oxygen atoms in total. The Balaban J connectivity index is 1.70. The zero-order chi connectivity index (χ0) is 13.5. The first kappa shape index (κ1) is 14.5. The van der Waals surface area contributed by atoms with Gasteiger partial charge in [-0.3, -0.25) is 4.79 Å². The van der Waals surface area contributed by atoms with Gasteiger partial charge in [-0.05, 0) is 26.2 Å². The Morgan fingerprint density at radius 2 is 2.47 bits per heavy atom. The maximum absolute atomic E-state index is 11.7. The normalized spacial score (nSPS) is 23.2. The number of hydrogen-bond acceptors (Lipinski definition) is 5. The van der Waals surface area contributed by atoms with Crippen molar-refractivity contribution >= 4 is 17.3 Å². The average Bonchev–Trinajstić information content (AvgIpc) is 2.93. The number of nitrogens with zero attached hydrogens (tertiary/aromatic N) is 1. The van der Waals surface area contributed by atoms with E-state index in [-0.39, 0.29) is 11.9 Å². The van der Waals surface area contributed by atoms with E-state index in [0.717, 1.165) is 44.3 Å². The van der Waals surface area contributed by atoms with Crippen molar-refractivity contribution in [1.29, 1.82) is 0 Å². The van der Waals surface area contributed by atoms with Crippen LogP contribution in [0.3, 0.4) is 0 Å². The van der Waals surface area contributed by atoms with E-state index in [0.29, 0.717) is 12.6 Å². The number of esters is 1. The SMILES string of the molecule is CCOC(=O)C1CCCC(NCCc2cscn2)C1. The van der Waals surface area contributed by atoms with E-state index < -0.39 is 0 Å². The van der Waals surface area contributed by atoms with Gasteiger partial charge in [0.2, 0.25) is 0 Å². The molecule has 5 heteroatoms. The minimum atomic E-state index is -0.0199. The summed E-state index contributed by atoms with van der Waals surface area (Å²) in [7, 11) is 0. The molecule has 2 unspecified atom stereocenters. The highest BCUT2D eigenvalue weighted by molar-refractivity contribution is 7.07. The Kier molecular flexibility index (Phi) is 5.79. The van der Waals surface area contributed by atoms with Crippen molar-refractivity contribution in [1.82, 2.24) is 10.3 Å². The highest BCUT2D eigenvalue weighted by Crippen LogP contribution is 2.25. The van der Waals surface area contributed by atoms with E-state index in [1.54, 1.807) is 11.3 Å². The van der Waals surface area contributed by atoms with Crippen LogP contribution in [0.5, 0.6) is 0 Å². The van der Waals surface area contributed by atoms with Gasteiger partial charge < -0.3 is 10.1 Å². The monoisotopic (exact) mass is 282 g/mol. The van der Waals surface area contributed by atoms with E-state index in [1.165, 1.54) is 0 Å². The predicted molar refractivity (Wildman–Crippen MR) is 76.2 cm³/mol. The summed E-state index contributed by atoms with van der Waals surface area (Å²) < 4.78 is 5.12. The van der Waals surface area contributed by atoms with Crippen molar-refractivity contribution in [3.8, 4) is 0 Å². The molecule has 106 valence electrons. The van der Waals surface area contributed by atoms with Crippen LogP contribution in [-0.4, -0.2) is 30.1 Å². The van der Waals surface area contributed by atoms with Gasteiger partial charge in [0.15, 0.2) is 0 Å². The van der Waals surface area contributed by atoms with Crippen LogP contribution in [0.2, 0.25) is 0 Å². The molecule has 1 N–H and O–H groups in total. The van der Waals surface area contributed by atoms with Gasteiger partial charge >= 0.3 is 5.97 Å². The van der Waals surface area contributed by atoms with Gasteiger partial charge in [0, 0.05) is 24.4 Å². The molecule has 0 aromatic carbocycles. The van der Waals surface area contributed by atoms with Crippen molar-refractivity contribution < 1.29 is 9.53 Å². The second-order valence-corrected chi connectivity index (χ2v) is 5.72. The van der Waals surface area contributed by atoms with Crippen LogP contribution in [0.25, 0.3) is 0 Å². The number of nitrogens with one attached hydrogen (secondary N) is 1. The van der Waals surface area contributed by atoms with Crippen molar-refractivity contribution in [2.45, 2.75) is 45.1 Å². The molecule has 1 heterocycles. The van der Waals surface area contributed by atoms with Gasteiger partial charge in [-0.2, -0.15) is 0 Å². The highest BCUT2D eigenvalue weighted by Gasteiger charge is 2.27. The molecule has 2 rings (SSSR count). The zero-order valence-electron chi connectivity index (χ0n) is 11.4. The Morgan fingerprint density at radius 3 is 3.21 bits per heavy atom. The Bertz CT molecular complexity index is 381. The van der Waals surface area contributed by atoms with Gasteiger partial charge in [-0.1, -0.05) is 6.42 Å². The van der Waals surface area contributed by atoms with E-state index in [9.17, 15) is 4.79 Å². The molecular formula is C14H22N2O2S. The number of hydrogen-bond donors (Lipinski definition) is 1. The summed E-state index contributed by atoms with van der Waals surface area (Å²) in [5.41, 5.74) is 3.02. The lowest BCUT2D eigenvalue weighted by Crippen LogP contribution is -2.37. The standard InChI is InChI=1S/C14H22N2O2S/c1-2-18-14(17)11-4-3-5-12(8-11)15-7-6-13-9-19-10-16-13/h9-12,15H,2-8H2,1H3. The average molecular weight is 282 g/mol. The molecule has 0 radical (unpaired) electrons. The topological polar surface area (TPSA) is 51.2 Å². The van der Waals surface area contributed by atoms with Gasteiger partial charge in [0.1, 0.15) is 0 Å². The summed E-state index contributed by atoms with van der Waals surface area (Å²) in [6.45, 7) is 3.28. The molecule has 0 bridgehead atoms. The number of ether oxygens (including phenoxy) is 1. The van der Waals surface area contributed by atoms with E-state index in [2.05, 4.69) is 15.7 Å². The minimum absolute atomic E-state index is 0.0199. The van der Waals surface area contributed by atoms with Crippen LogP contribution in [0.4, 0.5) is 0 Å². The molecule has 0 aliphatic heterocycles. The smallest absolute Gasteiger partial charge is 0.308 e. The van der Waals surface area contributed by atoms with Crippen LogP contribution in [0.1, 0.15) is 38.3 Å². The summed E-state index contributed by atoms with van der Waals surface area (Å²) in [5, 5.41) is 5.63. The molecule has 0 saturated heterocycles. The minimum Gasteiger partial charge on any atom is -0.466 e. The van der Waals surface area contributed by atoms with Crippen molar-refractivity contribution in [3.63, 3.8) is 0 Å². The van der Waals surface area contributed by atoms with Gasteiger partial charge in [0.25, 0.3) is 0 Å². The molecule has 1 aliphatic rings. The molecule has 1 aromatic heterocycles. The van der Waals surface area contributed by atoms with E-state index in [1.807, 2.05) is 12.4 Å². The summed E-state index contributed by atoms with van der Waals surface area (Å²) >= 11 is 1.64. The van der Waals surface area contributed by atoms with Gasteiger partial charge in [-0.15, -0.1) is 11.3 Å². The third-order valence-electron chi connectivity index (χ3n) is 3.59. The first-order chi connectivity index (χ1) is 9.29. The van der Waals surface area contributed by atoms with E-state index >= 15 is 0 Å². The first-order valence-electron chi connectivity index (χ1n) is 7.06. The summed E-state index contributed by atoms with van der Waals surface area (Å²) in [5.74, 6) is 0.0685. The lowest BCUT2D eigenvalue weighted by Gasteiger charge is -2.28. The lowest BCUT2D eigenvalue weighted by atomic mass is 9.85. The highest BCUT2D eigenvalue weighted by atomic mass is 32.1. The molecule has 1 aromatic rings. The number of carbonyl (C=O) groups is 1. The summed E-state index contributed by atoms with van der Waals surface area (Å²) in [6.07, 6.45) is 5.12. The molecular weight excluding hydrogens is 260 g/mol. The van der Waals surface area contributed by atoms with Crippen molar-refractivity contribution in [2.75, 3.05) is 13.2 Å². The fraction of sp³-hybridized carbons (Fsp3) is 0.714. The second kappa shape index (κ2) is 7.60. The van der Waals surface area contributed by atoms with Crippen molar-refractivity contribution in [3.05, 3.63) is 16.6 Å². The Morgan fingerprint density at radius 1 is 1.58 bits per heavy atom. The molecule has 0 amide bonds. The van der Waals surface area contributed by atoms with Crippen LogP contribution in [0.15, 0.2) is 10.9 Å². The van der Waals surface area contributed by atoms with E-state index in [4.69, 9.17) is 4.74 Å². The predicted octanol–water partition coefficient (Wildman–Crippen LogP) is 2.40. The quantitative estimate of drug-likeness (QED) is 0.814. The van der Waals surface area contributed by atoms with Crippen LogP contribution in [0, 0.1) is 5.92 Å².